The summed E-state index contributed by atoms with van der Waals surface area (Å²) in [5.74, 6) is 0.930. The van der Waals surface area contributed by atoms with Crippen molar-refractivity contribution < 1.29 is 0 Å². The lowest BCUT2D eigenvalue weighted by Gasteiger charge is -2.27. The predicted octanol–water partition coefficient (Wildman–Crippen LogP) is 3.06. The first-order chi connectivity index (χ1) is 7.74. The van der Waals surface area contributed by atoms with Gasteiger partial charge in [0.1, 0.15) is 0 Å². The van der Waals surface area contributed by atoms with Gasteiger partial charge in [0.05, 0.1) is 0 Å². The molecule has 1 aliphatic carbocycles. The van der Waals surface area contributed by atoms with Crippen molar-refractivity contribution in [2.45, 2.75) is 52.1 Å². The maximum atomic E-state index is 4.31. The van der Waals surface area contributed by atoms with Gasteiger partial charge in [0.15, 0.2) is 0 Å². The summed E-state index contributed by atoms with van der Waals surface area (Å²) in [7, 11) is 0. The molecule has 0 spiro atoms. The number of nitrogens with one attached hydrogen (secondary N) is 1. The number of pyridine rings is 1. The van der Waals surface area contributed by atoms with Gasteiger partial charge in [0.2, 0.25) is 0 Å². The molecule has 0 radical (unpaired) electrons. The molecule has 2 heteroatoms. The van der Waals surface area contributed by atoms with E-state index < -0.39 is 0 Å². The summed E-state index contributed by atoms with van der Waals surface area (Å²) in [6.07, 6.45) is 7.41. The molecular weight excluding hydrogens is 196 g/mol. The van der Waals surface area contributed by atoms with Crippen molar-refractivity contribution in [1.82, 2.24) is 10.3 Å². The van der Waals surface area contributed by atoms with E-state index in [2.05, 4.69) is 29.4 Å². The van der Waals surface area contributed by atoms with E-state index in [1.807, 2.05) is 13.1 Å². The Labute approximate surface area is 98.5 Å². The molecule has 0 atom stereocenters. The molecule has 1 aromatic rings. The van der Waals surface area contributed by atoms with Crippen LogP contribution in [0.3, 0.4) is 0 Å². The predicted molar refractivity (Wildman–Crippen MR) is 67.2 cm³/mol. The maximum Gasteiger partial charge on any atom is 0.0372 e. The first-order valence-corrected chi connectivity index (χ1v) is 6.39. The van der Waals surface area contributed by atoms with Gasteiger partial charge in [-0.25, -0.2) is 0 Å². The second kappa shape index (κ2) is 5.44. The van der Waals surface area contributed by atoms with Crippen molar-refractivity contribution in [1.29, 1.82) is 0 Å². The highest BCUT2D eigenvalue weighted by molar-refractivity contribution is 5.12. The number of hydrogen-bond donors (Lipinski definition) is 1. The SMILES string of the molecule is Cc1ccc(CNC2CCC(C)CC2)cn1. The molecule has 0 aromatic carbocycles. The molecule has 1 heterocycles. The Morgan fingerprint density at radius 2 is 2.00 bits per heavy atom. The first-order valence-electron chi connectivity index (χ1n) is 6.39. The third-order valence-electron chi connectivity index (χ3n) is 3.58. The highest BCUT2D eigenvalue weighted by atomic mass is 14.9. The molecule has 1 N–H and O–H groups in total. The van der Waals surface area contributed by atoms with E-state index in [1.54, 1.807) is 0 Å². The van der Waals surface area contributed by atoms with E-state index >= 15 is 0 Å². The van der Waals surface area contributed by atoms with Crippen LogP contribution in [0.25, 0.3) is 0 Å². The van der Waals surface area contributed by atoms with E-state index in [0.717, 1.165) is 24.2 Å². The van der Waals surface area contributed by atoms with Crippen LogP contribution in [0.2, 0.25) is 0 Å². The van der Waals surface area contributed by atoms with Gasteiger partial charge < -0.3 is 5.32 Å². The van der Waals surface area contributed by atoms with Gasteiger partial charge in [-0.3, -0.25) is 4.98 Å². The lowest BCUT2D eigenvalue weighted by atomic mass is 9.87. The highest BCUT2D eigenvalue weighted by Gasteiger charge is 2.17. The van der Waals surface area contributed by atoms with Crippen LogP contribution in [-0.2, 0) is 6.54 Å². The van der Waals surface area contributed by atoms with Crippen molar-refractivity contribution in [3.8, 4) is 0 Å². The molecule has 1 aromatic heterocycles. The summed E-state index contributed by atoms with van der Waals surface area (Å²) < 4.78 is 0. The Kier molecular flexibility index (Phi) is 3.94. The van der Waals surface area contributed by atoms with Gasteiger partial charge in [0, 0.05) is 24.5 Å². The minimum Gasteiger partial charge on any atom is -0.310 e. The Bertz CT molecular complexity index is 310. The zero-order valence-electron chi connectivity index (χ0n) is 10.4. The van der Waals surface area contributed by atoms with Gasteiger partial charge in [-0.05, 0) is 50.2 Å². The van der Waals surface area contributed by atoms with Crippen LogP contribution in [0, 0.1) is 12.8 Å². The van der Waals surface area contributed by atoms with Gasteiger partial charge in [-0.1, -0.05) is 13.0 Å². The molecule has 0 bridgehead atoms. The average molecular weight is 218 g/mol. The van der Waals surface area contributed by atoms with Crippen LogP contribution in [0.5, 0.6) is 0 Å². The van der Waals surface area contributed by atoms with Crippen molar-refractivity contribution in [3.63, 3.8) is 0 Å². The molecule has 0 amide bonds. The summed E-state index contributed by atoms with van der Waals surface area (Å²) in [5.41, 5.74) is 2.39. The van der Waals surface area contributed by atoms with Crippen molar-refractivity contribution in [3.05, 3.63) is 29.6 Å². The molecule has 0 aliphatic heterocycles. The average Bonchev–Trinajstić information content (AvgIpc) is 2.30. The largest absolute Gasteiger partial charge is 0.310 e. The van der Waals surface area contributed by atoms with Crippen LogP contribution in [0.15, 0.2) is 18.3 Å². The van der Waals surface area contributed by atoms with E-state index in [-0.39, 0.29) is 0 Å². The molecule has 16 heavy (non-hydrogen) atoms. The van der Waals surface area contributed by atoms with Gasteiger partial charge in [-0.2, -0.15) is 0 Å². The van der Waals surface area contributed by atoms with E-state index in [0.29, 0.717) is 0 Å². The Balaban J connectivity index is 1.77. The van der Waals surface area contributed by atoms with Crippen molar-refractivity contribution >= 4 is 0 Å². The highest BCUT2D eigenvalue weighted by Crippen LogP contribution is 2.23. The van der Waals surface area contributed by atoms with E-state index in [4.69, 9.17) is 0 Å². The summed E-state index contributed by atoms with van der Waals surface area (Å²) in [5, 5.41) is 3.64. The summed E-state index contributed by atoms with van der Waals surface area (Å²) >= 11 is 0. The summed E-state index contributed by atoms with van der Waals surface area (Å²) in [6.45, 7) is 5.35. The third-order valence-corrected chi connectivity index (χ3v) is 3.58. The second-order valence-electron chi connectivity index (χ2n) is 5.15. The number of aryl methyl sites for hydroxylation is 1. The molecule has 1 saturated carbocycles. The smallest absolute Gasteiger partial charge is 0.0372 e. The van der Waals surface area contributed by atoms with E-state index in [1.165, 1.54) is 31.2 Å². The first kappa shape index (κ1) is 11.6. The van der Waals surface area contributed by atoms with Crippen LogP contribution < -0.4 is 5.32 Å². The molecule has 0 saturated heterocycles. The fourth-order valence-electron chi connectivity index (χ4n) is 2.33. The van der Waals surface area contributed by atoms with Crippen molar-refractivity contribution in [2.75, 3.05) is 0 Å². The zero-order chi connectivity index (χ0) is 11.4. The van der Waals surface area contributed by atoms with Crippen molar-refractivity contribution in [2.24, 2.45) is 5.92 Å². The van der Waals surface area contributed by atoms with Crippen LogP contribution in [0.1, 0.15) is 43.9 Å². The monoisotopic (exact) mass is 218 g/mol. The summed E-state index contributed by atoms with van der Waals surface area (Å²) in [4.78, 5) is 4.31. The molecular formula is C14H22N2. The van der Waals surface area contributed by atoms with Crippen LogP contribution in [0.4, 0.5) is 0 Å². The quantitative estimate of drug-likeness (QED) is 0.843. The van der Waals surface area contributed by atoms with Gasteiger partial charge in [0.25, 0.3) is 0 Å². The lowest BCUT2D eigenvalue weighted by molar-refractivity contribution is 0.306. The Hall–Kier alpha value is -0.890. The third kappa shape index (κ3) is 3.31. The lowest BCUT2D eigenvalue weighted by Crippen LogP contribution is -2.32. The number of hydrogen-bond acceptors (Lipinski definition) is 2. The molecule has 1 aliphatic rings. The number of rotatable bonds is 3. The van der Waals surface area contributed by atoms with Gasteiger partial charge in [-0.15, -0.1) is 0 Å². The van der Waals surface area contributed by atoms with Gasteiger partial charge >= 0.3 is 0 Å². The number of aromatic nitrogens is 1. The topological polar surface area (TPSA) is 24.9 Å². The molecule has 2 rings (SSSR count). The Morgan fingerprint density at radius 3 is 2.62 bits per heavy atom. The molecule has 2 nitrogen and oxygen atoms in total. The molecule has 88 valence electrons. The Morgan fingerprint density at radius 1 is 1.25 bits per heavy atom. The minimum absolute atomic E-state index is 0.720. The van der Waals surface area contributed by atoms with E-state index in [9.17, 15) is 0 Å². The fraction of sp³-hybridized carbons (Fsp3) is 0.643. The second-order valence-corrected chi connectivity index (χ2v) is 5.15. The fourth-order valence-corrected chi connectivity index (χ4v) is 2.33. The normalized spacial score (nSPS) is 25.6. The minimum atomic E-state index is 0.720. The van der Waals surface area contributed by atoms with Crippen LogP contribution in [-0.4, -0.2) is 11.0 Å². The zero-order valence-corrected chi connectivity index (χ0v) is 10.4. The summed E-state index contributed by atoms with van der Waals surface area (Å²) in [6, 6.07) is 4.97. The number of nitrogens with zero attached hydrogens (tertiary/aromatic N) is 1. The maximum absolute atomic E-state index is 4.31. The molecule has 0 unspecified atom stereocenters. The molecule has 1 fully saturated rings. The standard InChI is InChI=1S/C14H22N2/c1-11-3-7-14(8-4-11)16-10-13-6-5-12(2)15-9-13/h5-6,9,11,14,16H,3-4,7-8,10H2,1-2H3. The van der Waals surface area contributed by atoms with Crippen LogP contribution >= 0.6 is 0 Å².